The number of β-amino-alcohol motifs (C(OH)–C–C–N with tert-alkyl or cyclic N) is 1. The normalized spacial score (nSPS) is 15.3. The summed E-state index contributed by atoms with van der Waals surface area (Å²) < 4.78 is 6.88. The van der Waals surface area contributed by atoms with E-state index >= 15 is 0 Å². The summed E-state index contributed by atoms with van der Waals surface area (Å²) in [5, 5.41) is 28.0. The number of rotatable bonds is 7. The number of aliphatic hydroxyl groups is 1. The second-order valence-corrected chi connectivity index (χ2v) is 8.37. The van der Waals surface area contributed by atoms with Gasteiger partial charge in [0.25, 0.3) is 0 Å². The molecule has 0 saturated carbocycles. The smallest absolute Gasteiger partial charge is 0.226 e. The fourth-order valence-electron chi connectivity index (χ4n) is 4.03. The van der Waals surface area contributed by atoms with Crippen molar-refractivity contribution in [2.45, 2.75) is 25.7 Å². The molecule has 0 spiro atoms. The van der Waals surface area contributed by atoms with Crippen molar-refractivity contribution in [2.75, 3.05) is 25.1 Å². The molecule has 0 aliphatic carbocycles. The molecule has 176 valence electrons. The highest BCUT2D eigenvalue weighted by Gasteiger charge is 2.24. The summed E-state index contributed by atoms with van der Waals surface area (Å²) in [4.78, 5) is 16.0. The molecule has 1 aliphatic heterocycles. The van der Waals surface area contributed by atoms with Gasteiger partial charge in [0.15, 0.2) is 0 Å². The molecule has 1 atom stereocenters. The van der Waals surface area contributed by atoms with Crippen molar-refractivity contribution in [1.82, 2.24) is 29.9 Å². The molecule has 10 heteroatoms. The van der Waals surface area contributed by atoms with E-state index in [0.29, 0.717) is 61.3 Å². The van der Waals surface area contributed by atoms with Crippen molar-refractivity contribution < 1.29 is 9.84 Å². The lowest BCUT2D eigenvalue weighted by molar-refractivity contribution is 0.181. The Bertz CT molecular complexity index is 1380. The lowest BCUT2D eigenvalue weighted by atomic mass is 10.1. The topological polar surface area (TPSA) is 126 Å². The Hall–Kier alpha value is -4.20. The fraction of sp³-hybridized carbons (Fsp3) is 0.280. The lowest BCUT2D eigenvalue weighted by Gasteiger charge is -2.17. The lowest BCUT2D eigenvalue weighted by Crippen LogP contribution is -2.23. The van der Waals surface area contributed by atoms with E-state index in [9.17, 15) is 10.4 Å². The molecule has 35 heavy (non-hydrogen) atoms. The fourth-order valence-corrected chi connectivity index (χ4v) is 4.03. The van der Waals surface area contributed by atoms with Crippen molar-refractivity contribution >= 4 is 5.95 Å². The summed E-state index contributed by atoms with van der Waals surface area (Å²) >= 11 is 0. The van der Waals surface area contributed by atoms with E-state index in [2.05, 4.69) is 21.4 Å². The first-order valence-corrected chi connectivity index (χ1v) is 11.3. The van der Waals surface area contributed by atoms with Crippen molar-refractivity contribution in [3.63, 3.8) is 0 Å². The molecular weight excluding hydrogens is 444 g/mol. The number of aliphatic hydroxyl groups excluding tert-OH is 1. The highest BCUT2D eigenvalue weighted by atomic mass is 16.5. The van der Waals surface area contributed by atoms with Crippen LogP contribution in [0.4, 0.5) is 5.95 Å². The molecule has 1 aromatic carbocycles. The van der Waals surface area contributed by atoms with Gasteiger partial charge in [-0.2, -0.15) is 5.26 Å². The van der Waals surface area contributed by atoms with Crippen LogP contribution in [0.25, 0.3) is 22.6 Å². The van der Waals surface area contributed by atoms with Crippen LogP contribution in [0.15, 0.2) is 54.7 Å². The van der Waals surface area contributed by atoms with Crippen molar-refractivity contribution in [1.29, 1.82) is 5.26 Å². The standard InChI is InChI=1S/C25H24N8O2/c1-35-16-20-7-3-6-19(27-20)13-33-15-24(30-31-33)23-11-22(18-5-2-4-17(10-18)12-26)28-25(29-23)32-9-8-21(34)14-32/h2-7,10-11,15,21,34H,8-9,13-14,16H2,1H3. The van der Waals surface area contributed by atoms with Crippen LogP contribution in [0.3, 0.4) is 0 Å². The number of nitriles is 1. The minimum atomic E-state index is -0.408. The van der Waals surface area contributed by atoms with Gasteiger partial charge in [-0.05, 0) is 36.8 Å². The average Bonchev–Trinajstić information content (AvgIpc) is 3.53. The Morgan fingerprint density at radius 3 is 2.69 bits per heavy atom. The van der Waals surface area contributed by atoms with Crippen LogP contribution in [0.1, 0.15) is 23.4 Å². The Morgan fingerprint density at radius 1 is 1.06 bits per heavy atom. The van der Waals surface area contributed by atoms with Gasteiger partial charge in [-0.25, -0.2) is 14.6 Å². The van der Waals surface area contributed by atoms with Gasteiger partial charge in [-0.1, -0.05) is 23.4 Å². The van der Waals surface area contributed by atoms with E-state index in [1.54, 1.807) is 23.9 Å². The molecule has 5 rings (SSSR count). The number of hydrogen-bond acceptors (Lipinski definition) is 9. The number of methoxy groups -OCH3 is 1. The second kappa shape index (κ2) is 9.97. The van der Waals surface area contributed by atoms with Crippen LogP contribution >= 0.6 is 0 Å². The molecule has 10 nitrogen and oxygen atoms in total. The number of benzene rings is 1. The largest absolute Gasteiger partial charge is 0.391 e. The summed E-state index contributed by atoms with van der Waals surface area (Å²) in [6.07, 6.45) is 2.08. The van der Waals surface area contributed by atoms with Gasteiger partial charge in [0, 0.05) is 25.8 Å². The molecule has 1 saturated heterocycles. The second-order valence-electron chi connectivity index (χ2n) is 8.37. The van der Waals surface area contributed by atoms with Crippen LogP contribution in [0.2, 0.25) is 0 Å². The van der Waals surface area contributed by atoms with E-state index in [-0.39, 0.29) is 0 Å². The Morgan fingerprint density at radius 2 is 1.89 bits per heavy atom. The van der Waals surface area contributed by atoms with Gasteiger partial charge in [-0.15, -0.1) is 5.10 Å². The average molecular weight is 469 g/mol. The number of pyridine rings is 1. The molecular formula is C25H24N8O2. The van der Waals surface area contributed by atoms with E-state index in [1.165, 1.54) is 0 Å². The van der Waals surface area contributed by atoms with Crippen LogP contribution in [0.5, 0.6) is 0 Å². The van der Waals surface area contributed by atoms with Crippen LogP contribution in [-0.2, 0) is 17.9 Å². The highest BCUT2D eigenvalue weighted by Crippen LogP contribution is 2.27. The Balaban J connectivity index is 1.49. The Labute approximate surface area is 202 Å². The third-order valence-corrected chi connectivity index (χ3v) is 5.73. The summed E-state index contributed by atoms with van der Waals surface area (Å²) in [6.45, 7) is 2.04. The van der Waals surface area contributed by atoms with Gasteiger partial charge >= 0.3 is 0 Å². The van der Waals surface area contributed by atoms with E-state index in [1.807, 2.05) is 47.5 Å². The van der Waals surface area contributed by atoms with Gasteiger partial charge in [0.1, 0.15) is 5.69 Å². The summed E-state index contributed by atoms with van der Waals surface area (Å²) in [7, 11) is 1.64. The minimum absolute atomic E-state index is 0.408. The molecule has 1 unspecified atom stereocenters. The zero-order valence-corrected chi connectivity index (χ0v) is 19.2. The highest BCUT2D eigenvalue weighted by molar-refractivity contribution is 5.68. The third-order valence-electron chi connectivity index (χ3n) is 5.73. The van der Waals surface area contributed by atoms with Crippen molar-refractivity contribution in [3.05, 3.63) is 71.7 Å². The van der Waals surface area contributed by atoms with Crippen molar-refractivity contribution in [2.24, 2.45) is 0 Å². The molecule has 4 aromatic rings. The first-order chi connectivity index (χ1) is 17.1. The van der Waals surface area contributed by atoms with Gasteiger partial charge in [0.05, 0.1) is 59.9 Å². The van der Waals surface area contributed by atoms with E-state index in [0.717, 1.165) is 17.0 Å². The molecule has 3 aromatic heterocycles. The predicted molar refractivity (Wildman–Crippen MR) is 128 cm³/mol. The van der Waals surface area contributed by atoms with E-state index < -0.39 is 6.10 Å². The third kappa shape index (κ3) is 5.16. The zero-order chi connectivity index (χ0) is 24.2. The minimum Gasteiger partial charge on any atom is -0.391 e. The number of hydrogen-bond donors (Lipinski definition) is 1. The SMILES string of the molecule is COCc1cccc(Cn2cc(-c3cc(-c4cccc(C#N)c4)nc(N4CCC(O)C4)n3)nn2)n1. The predicted octanol–water partition coefficient (Wildman–Crippen LogP) is 2.43. The van der Waals surface area contributed by atoms with Gasteiger partial charge in [0.2, 0.25) is 5.95 Å². The summed E-state index contributed by atoms with van der Waals surface area (Å²) in [5.74, 6) is 0.514. The summed E-state index contributed by atoms with van der Waals surface area (Å²) in [5.41, 5.74) is 4.93. The van der Waals surface area contributed by atoms with Crippen LogP contribution in [-0.4, -0.2) is 61.4 Å². The molecule has 4 heterocycles. The van der Waals surface area contributed by atoms with Crippen LogP contribution in [0, 0.1) is 11.3 Å². The molecule has 0 bridgehead atoms. The van der Waals surface area contributed by atoms with Crippen LogP contribution < -0.4 is 4.90 Å². The monoisotopic (exact) mass is 468 g/mol. The first kappa shape index (κ1) is 22.6. The number of nitrogens with zero attached hydrogens (tertiary/aromatic N) is 8. The van der Waals surface area contributed by atoms with Crippen molar-refractivity contribution in [3.8, 4) is 28.7 Å². The maximum atomic E-state index is 10.0. The maximum absolute atomic E-state index is 10.0. The molecule has 0 radical (unpaired) electrons. The molecule has 1 aliphatic rings. The van der Waals surface area contributed by atoms with E-state index in [4.69, 9.17) is 14.7 Å². The molecule has 1 fully saturated rings. The van der Waals surface area contributed by atoms with Gasteiger partial charge < -0.3 is 14.7 Å². The summed E-state index contributed by atoms with van der Waals surface area (Å²) in [6, 6.07) is 17.1. The Kier molecular flexibility index (Phi) is 6.43. The molecule has 0 amide bonds. The number of anilines is 1. The first-order valence-electron chi connectivity index (χ1n) is 11.3. The maximum Gasteiger partial charge on any atom is 0.226 e. The van der Waals surface area contributed by atoms with Gasteiger partial charge in [-0.3, -0.25) is 4.98 Å². The molecule has 1 N–H and O–H groups in total. The number of aromatic nitrogens is 6. The quantitative estimate of drug-likeness (QED) is 0.435. The number of ether oxygens (including phenoxy) is 1. The zero-order valence-electron chi connectivity index (χ0n) is 19.2.